The van der Waals surface area contributed by atoms with Crippen LogP contribution in [0.2, 0.25) is 0 Å². The second-order valence-corrected chi connectivity index (χ2v) is 3.29. The molecule has 0 heterocycles. The Balaban J connectivity index is 0. The number of ether oxygens (including phenoxy) is 1. The van der Waals surface area contributed by atoms with Gasteiger partial charge in [0.25, 0.3) is 0 Å². The normalized spacial score (nSPS) is 11.3. The summed E-state index contributed by atoms with van der Waals surface area (Å²) in [5, 5.41) is 0. The highest BCUT2D eigenvalue weighted by Crippen LogP contribution is 2.00. The molecule has 0 saturated carbocycles. The van der Waals surface area contributed by atoms with Crippen LogP contribution in [0.4, 0.5) is 0 Å². The van der Waals surface area contributed by atoms with Crippen LogP contribution in [-0.4, -0.2) is 53.0 Å². The van der Waals surface area contributed by atoms with Crippen LogP contribution in [0, 0.1) is 0 Å². The van der Waals surface area contributed by atoms with E-state index in [1.807, 2.05) is 6.26 Å². The summed E-state index contributed by atoms with van der Waals surface area (Å²) in [6.07, 6.45) is 2.45. The van der Waals surface area contributed by atoms with Gasteiger partial charge in [-0.1, -0.05) is 0 Å². The van der Waals surface area contributed by atoms with Gasteiger partial charge in [-0.2, -0.15) is 11.8 Å². The van der Waals surface area contributed by atoms with Crippen LogP contribution in [0.1, 0.15) is 13.3 Å². The fraction of sp³-hybridized carbons (Fsp3) is 0.714. The first-order chi connectivity index (χ1) is 5.57. The van der Waals surface area contributed by atoms with Crippen LogP contribution < -0.4 is 5.73 Å². The number of thioether (sulfide) groups is 1. The Morgan fingerprint density at radius 3 is 2.46 bits per heavy atom. The van der Waals surface area contributed by atoms with Crippen molar-refractivity contribution < 1.29 is 14.3 Å². The van der Waals surface area contributed by atoms with Crippen molar-refractivity contribution in [3.63, 3.8) is 0 Å². The van der Waals surface area contributed by atoms with Gasteiger partial charge in [0, 0.05) is 6.92 Å². The molecule has 0 fully saturated rings. The molecule has 0 saturated heterocycles. The van der Waals surface area contributed by atoms with Gasteiger partial charge < -0.3 is 10.5 Å². The second-order valence-electron chi connectivity index (χ2n) is 2.30. The molecule has 1 atom stereocenters. The van der Waals surface area contributed by atoms with Gasteiger partial charge in [-0.15, -0.1) is 0 Å². The van der Waals surface area contributed by atoms with Crippen molar-refractivity contribution in [3.05, 3.63) is 0 Å². The standard InChI is InChI=1S/C7H13NO3S.Mg.2H/c1-5(9)11-7(10)6(8)3-4-12-2;;;/h6H,3-4,8H2,1-2H3;;;. The molecule has 0 aromatic carbocycles. The Morgan fingerprint density at radius 1 is 1.54 bits per heavy atom. The third-order valence-electron chi connectivity index (χ3n) is 1.18. The average Bonchev–Trinajstić information content (AvgIpc) is 1.98. The molecule has 0 amide bonds. The zero-order valence-corrected chi connectivity index (χ0v) is 8.02. The maximum Gasteiger partial charge on any atom is 0.330 e. The highest BCUT2D eigenvalue weighted by molar-refractivity contribution is 7.98. The van der Waals surface area contributed by atoms with Gasteiger partial charge in [-0.05, 0) is 18.4 Å². The van der Waals surface area contributed by atoms with Gasteiger partial charge in [-0.3, -0.25) is 4.79 Å². The highest BCUT2D eigenvalue weighted by Gasteiger charge is 2.15. The van der Waals surface area contributed by atoms with Crippen molar-refractivity contribution in [1.82, 2.24) is 0 Å². The van der Waals surface area contributed by atoms with Crippen molar-refractivity contribution in [1.29, 1.82) is 0 Å². The molecule has 0 radical (unpaired) electrons. The maximum absolute atomic E-state index is 10.9. The van der Waals surface area contributed by atoms with E-state index in [9.17, 15) is 9.59 Å². The second kappa shape index (κ2) is 8.80. The summed E-state index contributed by atoms with van der Waals surface area (Å²) in [6, 6.07) is -0.679. The van der Waals surface area contributed by atoms with Crippen LogP contribution in [0.3, 0.4) is 0 Å². The van der Waals surface area contributed by atoms with Gasteiger partial charge in [-0.25, -0.2) is 4.79 Å². The predicted molar refractivity (Wildman–Crippen MR) is 56.3 cm³/mol. The molecule has 0 bridgehead atoms. The number of esters is 2. The van der Waals surface area contributed by atoms with E-state index in [4.69, 9.17) is 5.73 Å². The molecular formula is C7H15MgNO3S. The smallest absolute Gasteiger partial charge is 0.330 e. The van der Waals surface area contributed by atoms with Crippen LogP contribution in [-0.2, 0) is 14.3 Å². The SMILES string of the molecule is CSCCC(N)C(=O)OC(C)=O.[MgH2]. The Hall–Kier alpha value is 0.216. The van der Waals surface area contributed by atoms with E-state index in [1.165, 1.54) is 6.92 Å². The van der Waals surface area contributed by atoms with Gasteiger partial charge in [0.1, 0.15) is 6.04 Å². The van der Waals surface area contributed by atoms with Crippen LogP contribution in [0.5, 0.6) is 0 Å². The minimum absolute atomic E-state index is 0. The third kappa shape index (κ3) is 8.54. The van der Waals surface area contributed by atoms with E-state index >= 15 is 0 Å². The highest BCUT2D eigenvalue weighted by atomic mass is 32.2. The Labute approximate surface area is 98.1 Å². The summed E-state index contributed by atoms with van der Waals surface area (Å²) in [5.74, 6) is -0.468. The van der Waals surface area contributed by atoms with Crippen molar-refractivity contribution in [2.45, 2.75) is 19.4 Å². The van der Waals surface area contributed by atoms with Crippen molar-refractivity contribution in [2.75, 3.05) is 12.0 Å². The van der Waals surface area contributed by atoms with Gasteiger partial charge in [0.05, 0.1) is 0 Å². The lowest BCUT2D eigenvalue weighted by Gasteiger charge is -2.07. The first-order valence-corrected chi connectivity index (χ1v) is 4.94. The van der Waals surface area contributed by atoms with Crippen molar-refractivity contribution in [3.8, 4) is 0 Å². The topological polar surface area (TPSA) is 69.4 Å². The molecule has 0 aromatic rings. The van der Waals surface area contributed by atoms with E-state index in [0.717, 1.165) is 5.75 Å². The van der Waals surface area contributed by atoms with Gasteiger partial charge >= 0.3 is 35.0 Å². The predicted octanol–water partition coefficient (Wildman–Crippen LogP) is -0.760. The minimum Gasteiger partial charge on any atom is -0.392 e. The molecular weight excluding hydrogens is 202 g/mol. The van der Waals surface area contributed by atoms with Crippen LogP contribution >= 0.6 is 11.8 Å². The maximum atomic E-state index is 10.9. The van der Waals surface area contributed by atoms with E-state index in [2.05, 4.69) is 4.74 Å². The number of hydrogen-bond acceptors (Lipinski definition) is 5. The fourth-order valence-electron chi connectivity index (χ4n) is 0.580. The lowest BCUT2D eigenvalue weighted by atomic mass is 10.2. The molecule has 0 aliphatic rings. The van der Waals surface area contributed by atoms with Crippen molar-refractivity contribution in [2.24, 2.45) is 5.73 Å². The molecule has 0 aliphatic carbocycles. The first-order valence-electron chi connectivity index (χ1n) is 3.54. The summed E-state index contributed by atoms with van der Waals surface area (Å²) in [5.41, 5.74) is 5.41. The molecule has 0 aromatic heterocycles. The largest absolute Gasteiger partial charge is 0.392 e. The molecule has 2 N–H and O–H groups in total. The zero-order valence-electron chi connectivity index (χ0n) is 7.20. The molecule has 13 heavy (non-hydrogen) atoms. The van der Waals surface area contributed by atoms with E-state index < -0.39 is 18.0 Å². The molecule has 1 unspecified atom stereocenters. The molecule has 6 heteroatoms. The first kappa shape index (κ1) is 15.7. The lowest BCUT2D eigenvalue weighted by molar-refractivity contribution is -0.159. The number of carbonyl (C=O) groups excluding carboxylic acids is 2. The third-order valence-corrected chi connectivity index (χ3v) is 1.82. The lowest BCUT2D eigenvalue weighted by Crippen LogP contribution is -2.33. The van der Waals surface area contributed by atoms with Gasteiger partial charge in [0.15, 0.2) is 0 Å². The number of carbonyl (C=O) groups is 2. The van der Waals surface area contributed by atoms with Crippen LogP contribution in [0.15, 0.2) is 0 Å². The van der Waals surface area contributed by atoms with E-state index in [-0.39, 0.29) is 23.1 Å². The molecule has 0 spiro atoms. The summed E-state index contributed by atoms with van der Waals surface area (Å²) in [6.45, 7) is 1.18. The van der Waals surface area contributed by atoms with Crippen molar-refractivity contribution >= 4 is 46.8 Å². The summed E-state index contributed by atoms with van der Waals surface area (Å²) < 4.78 is 4.30. The van der Waals surface area contributed by atoms with E-state index in [0.29, 0.717) is 6.42 Å². The summed E-state index contributed by atoms with van der Waals surface area (Å²) in [7, 11) is 0. The average molecular weight is 218 g/mol. The molecule has 0 rings (SSSR count). The van der Waals surface area contributed by atoms with E-state index in [1.54, 1.807) is 11.8 Å². The van der Waals surface area contributed by atoms with Gasteiger partial charge in [0.2, 0.25) is 0 Å². The molecule has 4 nitrogen and oxygen atoms in total. The fourth-order valence-corrected chi connectivity index (χ4v) is 1.07. The number of nitrogens with two attached hydrogens (primary N) is 1. The monoisotopic (exact) mass is 217 g/mol. The molecule has 0 aliphatic heterocycles. The Kier molecular flexibility index (Phi) is 10.6. The Bertz CT molecular complexity index is 177. The summed E-state index contributed by atoms with van der Waals surface area (Å²) in [4.78, 5) is 21.2. The summed E-state index contributed by atoms with van der Waals surface area (Å²) >= 11 is 1.59. The molecule has 74 valence electrons. The number of hydrogen-bond donors (Lipinski definition) is 1. The van der Waals surface area contributed by atoms with Crippen LogP contribution in [0.25, 0.3) is 0 Å². The zero-order chi connectivity index (χ0) is 9.56. The Morgan fingerprint density at radius 2 is 2.08 bits per heavy atom. The minimum atomic E-state index is -0.679. The quantitative estimate of drug-likeness (QED) is 0.381. The number of rotatable bonds is 4.